The Morgan fingerprint density at radius 1 is 1.26 bits per heavy atom. The monoisotopic (exact) mass is 263 g/mol. The summed E-state index contributed by atoms with van der Waals surface area (Å²) in [5.74, 6) is -0.351. The van der Waals surface area contributed by atoms with Gasteiger partial charge in [0.15, 0.2) is 0 Å². The van der Waals surface area contributed by atoms with Crippen molar-refractivity contribution < 1.29 is 9.59 Å². The first-order valence-corrected chi connectivity index (χ1v) is 6.28. The van der Waals surface area contributed by atoms with Gasteiger partial charge in [-0.05, 0) is 31.7 Å². The highest BCUT2D eigenvalue weighted by molar-refractivity contribution is 5.99. The summed E-state index contributed by atoms with van der Waals surface area (Å²) < 4.78 is 0. The van der Waals surface area contributed by atoms with E-state index in [0.29, 0.717) is 17.8 Å². The van der Waals surface area contributed by atoms with Crippen LogP contribution in [0.5, 0.6) is 0 Å². The van der Waals surface area contributed by atoms with E-state index in [1.54, 1.807) is 32.3 Å². The summed E-state index contributed by atoms with van der Waals surface area (Å²) >= 11 is 0. The van der Waals surface area contributed by atoms with E-state index in [-0.39, 0.29) is 17.7 Å². The smallest absolute Gasteiger partial charge is 0.251 e. The van der Waals surface area contributed by atoms with Crippen molar-refractivity contribution in [2.24, 2.45) is 5.92 Å². The van der Waals surface area contributed by atoms with E-state index in [9.17, 15) is 9.59 Å². The second kappa shape index (κ2) is 6.89. The molecule has 0 spiro atoms. The minimum atomic E-state index is -0.156. The molecule has 0 fully saturated rings. The lowest BCUT2D eigenvalue weighted by Gasteiger charge is -2.15. The first kappa shape index (κ1) is 15.2. The van der Waals surface area contributed by atoms with Gasteiger partial charge in [0.1, 0.15) is 0 Å². The topological polar surface area (TPSA) is 70.2 Å². The van der Waals surface area contributed by atoms with Gasteiger partial charge in [0.25, 0.3) is 5.91 Å². The number of amides is 2. The predicted molar refractivity (Wildman–Crippen MR) is 76.3 cm³/mol. The molecule has 0 aliphatic rings. The number of nitrogens with one attached hydrogen (secondary N) is 3. The number of carbonyl (C=O) groups excluding carboxylic acids is 2. The standard InChI is InChI=1S/C14H21N3O2/c1-9(8-15-3)13(18)17-12-7-5-6-11(10(12)2)14(19)16-4/h5-7,9,15H,8H2,1-4H3,(H,16,19)(H,17,18). The largest absolute Gasteiger partial charge is 0.355 e. The zero-order chi connectivity index (χ0) is 14.4. The normalized spacial score (nSPS) is 11.8. The molecule has 104 valence electrons. The second-order valence-corrected chi connectivity index (χ2v) is 4.51. The number of anilines is 1. The molecule has 1 aromatic rings. The van der Waals surface area contributed by atoms with E-state index < -0.39 is 0 Å². The lowest BCUT2D eigenvalue weighted by molar-refractivity contribution is -0.119. The van der Waals surface area contributed by atoms with E-state index in [1.165, 1.54) is 0 Å². The summed E-state index contributed by atoms with van der Waals surface area (Å²) in [5, 5.41) is 8.40. The Morgan fingerprint density at radius 2 is 1.95 bits per heavy atom. The van der Waals surface area contributed by atoms with Crippen LogP contribution in [0.2, 0.25) is 0 Å². The van der Waals surface area contributed by atoms with Crippen LogP contribution in [0.4, 0.5) is 5.69 Å². The summed E-state index contributed by atoms with van der Waals surface area (Å²) in [6.07, 6.45) is 0. The van der Waals surface area contributed by atoms with Gasteiger partial charge in [-0.3, -0.25) is 9.59 Å². The average molecular weight is 263 g/mol. The van der Waals surface area contributed by atoms with Crippen molar-refractivity contribution in [2.45, 2.75) is 13.8 Å². The van der Waals surface area contributed by atoms with Crippen molar-refractivity contribution in [1.29, 1.82) is 0 Å². The van der Waals surface area contributed by atoms with E-state index in [4.69, 9.17) is 0 Å². The summed E-state index contributed by atoms with van der Waals surface area (Å²) in [5.41, 5.74) is 2.02. The van der Waals surface area contributed by atoms with E-state index in [0.717, 1.165) is 5.56 Å². The Bertz CT molecular complexity index is 472. The van der Waals surface area contributed by atoms with Gasteiger partial charge in [-0.2, -0.15) is 0 Å². The van der Waals surface area contributed by atoms with E-state index >= 15 is 0 Å². The van der Waals surface area contributed by atoms with Crippen LogP contribution in [0.25, 0.3) is 0 Å². The molecule has 0 aromatic heterocycles. The third-order valence-electron chi connectivity index (χ3n) is 3.02. The van der Waals surface area contributed by atoms with Crippen LogP contribution < -0.4 is 16.0 Å². The second-order valence-electron chi connectivity index (χ2n) is 4.51. The van der Waals surface area contributed by atoms with Gasteiger partial charge >= 0.3 is 0 Å². The maximum Gasteiger partial charge on any atom is 0.251 e. The average Bonchev–Trinajstić information content (AvgIpc) is 2.40. The van der Waals surface area contributed by atoms with Crippen LogP contribution >= 0.6 is 0 Å². The fourth-order valence-corrected chi connectivity index (χ4v) is 1.81. The SMILES string of the molecule is CNCC(C)C(=O)Nc1cccc(C(=O)NC)c1C. The molecule has 5 heteroatoms. The van der Waals surface area contributed by atoms with Gasteiger partial charge in [0, 0.05) is 30.8 Å². The summed E-state index contributed by atoms with van der Waals surface area (Å²) in [6, 6.07) is 5.29. The number of hydrogen-bond donors (Lipinski definition) is 3. The summed E-state index contributed by atoms with van der Waals surface area (Å²) in [7, 11) is 3.39. The number of carbonyl (C=O) groups is 2. The molecule has 0 radical (unpaired) electrons. The van der Waals surface area contributed by atoms with E-state index in [2.05, 4.69) is 16.0 Å². The zero-order valence-corrected chi connectivity index (χ0v) is 11.8. The highest BCUT2D eigenvalue weighted by atomic mass is 16.2. The van der Waals surface area contributed by atoms with Crippen LogP contribution in [-0.4, -0.2) is 32.5 Å². The zero-order valence-electron chi connectivity index (χ0n) is 11.8. The quantitative estimate of drug-likeness (QED) is 0.746. The minimum Gasteiger partial charge on any atom is -0.355 e. The van der Waals surface area contributed by atoms with Crippen molar-refractivity contribution in [3.05, 3.63) is 29.3 Å². The molecule has 1 aromatic carbocycles. The van der Waals surface area contributed by atoms with Gasteiger partial charge in [0.2, 0.25) is 5.91 Å². The molecule has 1 rings (SSSR count). The van der Waals surface area contributed by atoms with E-state index in [1.807, 2.05) is 13.8 Å². The maximum atomic E-state index is 12.0. The Balaban J connectivity index is 2.90. The molecule has 0 aliphatic carbocycles. The van der Waals surface area contributed by atoms with Crippen molar-refractivity contribution in [3.8, 4) is 0 Å². The first-order valence-electron chi connectivity index (χ1n) is 6.28. The lowest BCUT2D eigenvalue weighted by atomic mass is 10.1. The molecule has 2 amide bonds. The number of benzene rings is 1. The highest BCUT2D eigenvalue weighted by Crippen LogP contribution is 2.19. The maximum absolute atomic E-state index is 12.0. The van der Waals surface area contributed by atoms with Crippen LogP contribution in [0.1, 0.15) is 22.8 Å². The molecular weight excluding hydrogens is 242 g/mol. The predicted octanol–water partition coefficient (Wildman–Crippen LogP) is 1.15. The van der Waals surface area contributed by atoms with Crippen molar-refractivity contribution in [2.75, 3.05) is 26.0 Å². The first-order chi connectivity index (χ1) is 9.01. The van der Waals surface area contributed by atoms with Crippen LogP contribution in [0.15, 0.2) is 18.2 Å². The number of hydrogen-bond acceptors (Lipinski definition) is 3. The summed E-state index contributed by atoms with van der Waals surface area (Å²) in [6.45, 7) is 4.28. The third kappa shape index (κ3) is 3.79. The molecule has 0 saturated carbocycles. The molecule has 0 bridgehead atoms. The van der Waals surface area contributed by atoms with Crippen LogP contribution in [0, 0.1) is 12.8 Å². The molecule has 5 nitrogen and oxygen atoms in total. The van der Waals surface area contributed by atoms with Crippen LogP contribution in [0.3, 0.4) is 0 Å². The Hall–Kier alpha value is -1.88. The Labute approximate surface area is 113 Å². The van der Waals surface area contributed by atoms with Gasteiger partial charge in [-0.1, -0.05) is 13.0 Å². The van der Waals surface area contributed by atoms with Crippen molar-refractivity contribution >= 4 is 17.5 Å². The van der Waals surface area contributed by atoms with Gasteiger partial charge in [-0.15, -0.1) is 0 Å². The van der Waals surface area contributed by atoms with Gasteiger partial charge in [-0.25, -0.2) is 0 Å². The van der Waals surface area contributed by atoms with Gasteiger partial charge < -0.3 is 16.0 Å². The highest BCUT2D eigenvalue weighted by Gasteiger charge is 2.15. The number of rotatable bonds is 5. The van der Waals surface area contributed by atoms with Gasteiger partial charge in [0.05, 0.1) is 0 Å². The van der Waals surface area contributed by atoms with Crippen LogP contribution in [-0.2, 0) is 4.79 Å². The molecule has 0 heterocycles. The molecule has 1 unspecified atom stereocenters. The molecule has 3 N–H and O–H groups in total. The van der Waals surface area contributed by atoms with Crippen molar-refractivity contribution in [3.63, 3.8) is 0 Å². The summed E-state index contributed by atoms with van der Waals surface area (Å²) in [4.78, 5) is 23.6. The molecule has 0 saturated heterocycles. The van der Waals surface area contributed by atoms with Crippen molar-refractivity contribution in [1.82, 2.24) is 10.6 Å². The Kier molecular flexibility index (Phi) is 5.51. The molecule has 1 atom stereocenters. The molecular formula is C14H21N3O2. The lowest BCUT2D eigenvalue weighted by Crippen LogP contribution is -2.29. The third-order valence-corrected chi connectivity index (χ3v) is 3.02. The fraction of sp³-hybridized carbons (Fsp3) is 0.429. The fourth-order valence-electron chi connectivity index (χ4n) is 1.81. The minimum absolute atomic E-state index is 0.0634. The molecule has 0 aliphatic heterocycles. The molecule has 19 heavy (non-hydrogen) atoms. The Morgan fingerprint density at radius 3 is 2.53 bits per heavy atom.